The van der Waals surface area contributed by atoms with Gasteiger partial charge in [0.1, 0.15) is 0 Å². The highest BCUT2D eigenvalue weighted by Gasteiger charge is 2.20. The molecule has 0 spiro atoms. The summed E-state index contributed by atoms with van der Waals surface area (Å²) in [7, 11) is 0. The Kier molecular flexibility index (Phi) is 9.42. The number of rotatable bonds is 11. The molecule has 156 valence electrons. The predicted octanol–water partition coefficient (Wildman–Crippen LogP) is 3.96. The molecule has 0 aliphatic rings. The second-order valence-electron chi connectivity index (χ2n) is 5.79. The molecule has 0 saturated heterocycles. The normalized spacial score (nSPS) is 11.7. The summed E-state index contributed by atoms with van der Waals surface area (Å²) in [6.45, 7) is 3.93. The highest BCUT2D eigenvalue weighted by molar-refractivity contribution is 8.00. The molecule has 1 aromatic carbocycles. The molecule has 3 N–H and O–H groups in total. The van der Waals surface area contributed by atoms with Crippen LogP contribution in [0.5, 0.6) is 0 Å². The zero-order chi connectivity index (χ0) is 21.2. The van der Waals surface area contributed by atoms with Gasteiger partial charge in [0.05, 0.1) is 11.7 Å². The zero-order valence-electron chi connectivity index (χ0n) is 16.0. The van der Waals surface area contributed by atoms with Crippen LogP contribution in [-0.2, 0) is 14.4 Å². The van der Waals surface area contributed by atoms with Crippen LogP contribution in [0, 0.1) is 0 Å². The Labute approximate surface area is 181 Å². The first kappa shape index (κ1) is 23.2. The van der Waals surface area contributed by atoms with E-state index in [1.54, 1.807) is 18.2 Å². The first-order valence-corrected chi connectivity index (χ1v) is 11.6. The average Bonchev–Trinajstić information content (AvgIpc) is 3.12. The van der Waals surface area contributed by atoms with Crippen molar-refractivity contribution in [1.82, 2.24) is 9.36 Å². The molecule has 2 rings (SSSR count). The molecule has 0 bridgehead atoms. The third kappa shape index (κ3) is 8.03. The lowest BCUT2D eigenvalue weighted by atomic mass is 10.2. The molecule has 29 heavy (non-hydrogen) atoms. The summed E-state index contributed by atoms with van der Waals surface area (Å²) in [5.41, 5.74) is 0.561. The molecule has 1 unspecified atom stereocenters. The van der Waals surface area contributed by atoms with Gasteiger partial charge >= 0.3 is 5.97 Å². The van der Waals surface area contributed by atoms with Crippen molar-refractivity contribution >= 4 is 63.7 Å². The molecule has 0 aliphatic carbocycles. The van der Waals surface area contributed by atoms with Crippen LogP contribution in [-0.4, -0.2) is 43.3 Å². The fourth-order valence-electron chi connectivity index (χ4n) is 2.21. The Bertz CT molecular complexity index is 859. The Morgan fingerprint density at radius 3 is 2.69 bits per heavy atom. The van der Waals surface area contributed by atoms with Crippen molar-refractivity contribution in [3.8, 4) is 0 Å². The van der Waals surface area contributed by atoms with Crippen LogP contribution < -0.4 is 10.6 Å². The fourth-order valence-corrected chi connectivity index (χ4v) is 4.50. The van der Waals surface area contributed by atoms with Crippen LogP contribution in [0.1, 0.15) is 33.1 Å². The summed E-state index contributed by atoms with van der Waals surface area (Å²) < 4.78 is 4.19. The minimum Gasteiger partial charge on any atom is -0.481 e. The predicted molar refractivity (Wildman–Crippen MR) is 117 cm³/mol. The standard InChI is InChI=1S/C18H22N4O4S3/c1-3-13(16(26)20-17-21-18(22-29-17)27-4-2)28-12-7-5-6-11(10-12)19-14(23)8-9-15(24)25/h5-7,10,13H,3-4,8-9H2,1-2H3,(H,19,23)(H,24,25)(H,20,21,22,26). The van der Waals surface area contributed by atoms with Gasteiger partial charge in [0.25, 0.3) is 0 Å². The molecule has 0 aliphatic heterocycles. The van der Waals surface area contributed by atoms with Crippen molar-refractivity contribution in [2.75, 3.05) is 16.4 Å². The minimum atomic E-state index is -1.02. The number of carboxylic acid groups (broad SMARTS) is 1. The summed E-state index contributed by atoms with van der Waals surface area (Å²) in [5, 5.41) is 14.9. The van der Waals surface area contributed by atoms with Crippen molar-refractivity contribution in [3.05, 3.63) is 24.3 Å². The quantitative estimate of drug-likeness (QED) is 0.436. The highest BCUT2D eigenvalue weighted by Crippen LogP contribution is 2.29. The molecule has 0 saturated carbocycles. The number of hydrogen-bond donors (Lipinski definition) is 3. The number of nitrogens with one attached hydrogen (secondary N) is 2. The van der Waals surface area contributed by atoms with Crippen LogP contribution >= 0.6 is 35.1 Å². The molecule has 0 fully saturated rings. The zero-order valence-corrected chi connectivity index (χ0v) is 18.5. The molecular weight excluding hydrogens is 432 g/mol. The van der Waals surface area contributed by atoms with E-state index in [-0.39, 0.29) is 29.9 Å². The number of carboxylic acids is 1. The Balaban J connectivity index is 1.96. The van der Waals surface area contributed by atoms with Crippen LogP contribution in [0.4, 0.5) is 10.8 Å². The lowest BCUT2D eigenvalue weighted by Gasteiger charge is -2.14. The molecule has 1 atom stereocenters. The summed E-state index contributed by atoms with van der Waals surface area (Å²) in [6, 6.07) is 7.12. The van der Waals surface area contributed by atoms with Gasteiger partial charge in [-0.25, -0.2) is 0 Å². The van der Waals surface area contributed by atoms with Crippen molar-refractivity contribution in [1.29, 1.82) is 0 Å². The SMILES string of the molecule is CCSc1nsc(NC(=O)C(CC)Sc2cccc(NC(=O)CCC(=O)O)c2)n1. The van der Waals surface area contributed by atoms with Gasteiger partial charge in [0, 0.05) is 28.5 Å². The molecule has 11 heteroatoms. The largest absolute Gasteiger partial charge is 0.481 e. The van der Waals surface area contributed by atoms with E-state index in [1.165, 1.54) is 23.5 Å². The molecule has 8 nitrogen and oxygen atoms in total. The Morgan fingerprint density at radius 2 is 2.00 bits per heavy atom. The van der Waals surface area contributed by atoms with E-state index in [0.717, 1.165) is 22.2 Å². The number of aromatic nitrogens is 2. The second kappa shape index (κ2) is 11.8. The number of nitrogens with zero attached hydrogens (tertiary/aromatic N) is 2. The third-order valence-electron chi connectivity index (χ3n) is 3.54. The lowest BCUT2D eigenvalue weighted by Crippen LogP contribution is -2.24. The van der Waals surface area contributed by atoms with Gasteiger partial charge in [-0.2, -0.15) is 9.36 Å². The Hall–Kier alpha value is -2.11. The molecule has 1 heterocycles. The van der Waals surface area contributed by atoms with Gasteiger partial charge in [-0.15, -0.1) is 11.8 Å². The lowest BCUT2D eigenvalue weighted by molar-refractivity contribution is -0.138. The molecule has 1 aromatic heterocycles. The van der Waals surface area contributed by atoms with Crippen molar-refractivity contribution in [2.45, 2.75) is 48.4 Å². The van der Waals surface area contributed by atoms with E-state index in [1.807, 2.05) is 19.9 Å². The van der Waals surface area contributed by atoms with E-state index in [0.29, 0.717) is 22.4 Å². The second-order valence-corrected chi connectivity index (χ2v) is 9.05. The van der Waals surface area contributed by atoms with E-state index in [9.17, 15) is 14.4 Å². The van der Waals surface area contributed by atoms with E-state index >= 15 is 0 Å². The monoisotopic (exact) mass is 454 g/mol. The van der Waals surface area contributed by atoms with E-state index in [4.69, 9.17) is 5.11 Å². The first-order valence-electron chi connectivity index (χ1n) is 8.97. The van der Waals surface area contributed by atoms with Crippen LogP contribution in [0.25, 0.3) is 0 Å². The number of thioether (sulfide) groups is 2. The number of amides is 2. The third-order valence-corrected chi connectivity index (χ3v) is 6.37. The average molecular weight is 455 g/mol. The number of anilines is 2. The van der Waals surface area contributed by atoms with Gasteiger partial charge in [-0.05, 0) is 30.4 Å². The van der Waals surface area contributed by atoms with Gasteiger partial charge in [-0.1, -0.05) is 31.7 Å². The molecule has 2 aromatic rings. The maximum atomic E-state index is 12.6. The topological polar surface area (TPSA) is 121 Å². The van der Waals surface area contributed by atoms with Crippen LogP contribution in [0.2, 0.25) is 0 Å². The highest BCUT2D eigenvalue weighted by atomic mass is 32.2. The number of benzene rings is 1. The molecule has 2 amide bonds. The maximum absolute atomic E-state index is 12.6. The van der Waals surface area contributed by atoms with E-state index < -0.39 is 5.97 Å². The van der Waals surface area contributed by atoms with Gasteiger partial charge < -0.3 is 10.4 Å². The molecule has 0 radical (unpaired) electrons. The van der Waals surface area contributed by atoms with Crippen LogP contribution in [0.15, 0.2) is 34.3 Å². The fraction of sp³-hybridized carbons (Fsp3) is 0.389. The van der Waals surface area contributed by atoms with Gasteiger partial charge in [-0.3, -0.25) is 19.7 Å². The summed E-state index contributed by atoms with van der Waals surface area (Å²) in [5.74, 6) is -0.674. The maximum Gasteiger partial charge on any atom is 0.303 e. The summed E-state index contributed by atoms with van der Waals surface area (Å²) in [6.07, 6.45) is 0.302. The molecular formula is C18H22N4O4S3. The smallest absolute Gasteiger partial charge is 0.303 e. The minimum absolute atomic E-state index is 0.0904. The van der Waals surface area contributed by atoms with Crippen molar-refractivity contribution in [2.24, 2.45) is 0 Å². The number of aliphatic carboxylic acids is 1. The Morgan fingerprint density at radius 1 is 1.21 bits per heavy atom. The van der Waals surface area contributed by atoms with E-state index in [2.05, 4.69) is 20.0 Å². The summed E-state index contributed by atoms with van der Waals surface area (Å²) in [4.78, 5) is 40.1. The summed E-state index contributed by atoms with van der Waals surface area (Å²) >= 11 is 4.06. The number of carbonyl (C=O) groups excluding carboxylic acids is 2. The van der Waals surface area contributed by atoms with Crippen molar-refractivity contribution < 1.29 is 19.5 Å². The first-order chi connectivity index (χ1) is 13.9. The van der Waals surface area contributed by atoms with Crippen LogP contribution in [0.3, 0.4) is 0 Å². The number of carbonyl (C=O) groups is 3. The number of hydrogen-bond acceptors (Lipinski definition) is 8. The van der Waals surface area contributed by atoms with Gasteiger partial charge in [0.15, 0.2) is 0 Å². The van der Waals surface area contributed by atoms with Gasteiger partial charge in [0.2, 0.25) is 22.1 Å². The van der Waals surface area contributed by atoms with Crippen molar-refractivity contribution in [3.63, 3.8) is 0 Å².